The number of rotatable bonds is 3. The van der Waals surface area contributed by atoms with E-state index in [2.05, 4.69) is 36.2 Å². The number of carbonyl (C=O) groups excluding carboxylic acids is 1. The molecule has 122 valence electrons. The Balaban J connectivity index is 1.72. The molecular formula is C19H13BrN4O. The first-order valence-electron chi connectivity index (χ1n) is 7.68. The van der Waals surface area contributed by atoms with Crippen molar-refractivity contribution >= 4 is 38.7 Å². The first-order chi connectivity index (χ1) is 12.2. The Bertz CT molecular complexity index is 1060. The third-order valence-corrected chi connectivity index (χ3v) is 4.20. The van der Waals surface area contributed by atoms with Crippen LogP contribution in [0.3, 0.4) is 0 Å². The summed E-state index contributed by atoms with van der Waals surface area (Å²) in [6.07, 6.45) is 1.70. The molecule has 0 aliphatic rings. The molecule has 0 bridgehead atoms. The quantitative estimate of drug-likeness (QED) is 0.533. The third kappa shape index (κ3) is 3.16. The highest BCUT2D eigenvalue weighted by molar-refractivity contribution is 9.10. The van der Waals surface area contributed by atoms with Gasteiger partial charge in [-0.05, 0) is 46.3 Å². The molecule has 1 amide bonds. The van der Waals surface area contributed by atoms with Gasteiger partial charge in [-0.2, -0.15) is 0 Å². The highest BCUT2D eigenvalue weighted by Crippen LogP contribution is 2.28. The summed E-state index contributed by atoms with van der Waals surface area (Å²) in [7, 11) is 0. The van der Waals surface area contributed by atoms with E-state index in [0.717, 1.165) is 15.6 Å². The molecular weight excluding hydrogens is 380 g/mol. The van der Waals surface area contributed by atoms with Gasteiger partial charge in [-0.1, -0.05) is 30.3 Å². The highest BCUT2D eigenvalue weighted by atomic mass is 79.9. The number of fused-ring (bicyclic) bond motifs is 1. The number of anilines is 1. The van der Waals surface area contributed by atoms with Gasteiger partial charge in [0.25, 0.3) is 5.91 Å². The van der Waals surface area contributed by atoms with Crippen molar-refractivity contribution in [1.29, 1.82) is 0 Å². The maximum Gasteiger partial charge on any atom is 0.255 e. The minimum absolute atomic E-state index is 0.162. The number of nitrogens with one attached hydrogen (secondary N) is 2. The van der Waals surface area contributed by atoms with Gasteiger partial charge >= 0.3 is 0 Å². The number of para-hydroxylation sites is 1. The number of carbonyl (C=O) groups is 1. The van der Waals surface area contributed by atoms with Crippen molar-refractivity contribution in [3.63, 3.8) is 0 Å². The lowest BCUT2D eigenvalue weighted by atomic mass is 10.1. The predicted molar refractivity (Wildman–Crippen MR) is 101 cm³/mol. The smallest absolute Gasteiger partial charge is 0.255 e. The minimum Gasteiger partial charge on any atom is -0.336 e. The van der Waals surface area contributed by atoms with E-state index in [1.165, 1.54) is 0 Å². The molecule has 0 saturated carbocycles. The first kappa shape index (κ1) is 15.5. The fourth-order valence-electron chi connectivity index (χ4n) is 2.58. The topological polar surface area (TPSA) is 70.7 Å². The standard InChI is InChI=1S/C19H13BrN4O/c20-13-10-16-18(21-11-13)24-17(22-16)14-8-4-5-9-15(14)23-19(25)12-6-2-1-3-7-12/h1-11H,(H,23,25)(H,21,22,24). The number of hydrogen-bond donors (Lipinski definition) is 2. The summed E-state index contributed by atoms with van der Waals surface area (Å²) in [5.41, 5.74) is 3.55. The van der Waals surface area contributed by atoms with Crippen LogP contribution >= 0.6 is 15.9 Å². The predicted octanol–water partition coefficient (Wildman–Crippen LogP) is 4.64. The Hall–Kier alpha value is -2.99. The molecule has 4 aromatic rings. The Morgan fingerprint density at radius 3 is 2.64 bits per heavy atom. The molecule has 0 aliphatic heterocycles. The molecule has 2 N–H and O–H groups in total. The molecule has 6 heteroatoms. The fourth-order valence-corrected chi connectivity index (χ4v) is 2.92. The van der Waals surface area contributed by atoms with Gasteiger partial charge in [-0.15, -0.1) is 0 Å². The molecule has 0 radical (unpaired) electrons. The lowest BCUT2D eigenvalue weighted by molar-refractivity contribution is 0.102. The van der Waals surface area contributed by atoms with Gasteiger partial charge in [0, 0.05) is 21.8 Å². The van der Waals surface area contributed by atoms with E-state index in [9.17, 15) is 4.79 Å². The van der Waals surface area contributed by atoms with E-state index in [-0.39, 0.29) is 5.91 Å². The number of H-pyrrole nitrogens is 1. The van der Waals surface area contributed by atoms with Crippen LogP contribution in [0.1, 0.15) is 10.4 Å². The molecule has 0 saturated heterocycles. The zero-order valence-corrected chi connectivity index (χ0v) is 14.6. The second kappa shape index (κ2) is 6.49. The molecule has 0 aliphatic carbocycles. The summed E-state index contributed by atoms with van der Waals surface area (Å²) in [6.45, 7) is 0. The van der Waals surface area contributed by atoms with Crippen molar-refractivity contribution < 1.29 is 4.79 Å². The van der Waals surface area contributed by atoms with E-state index in [0.29, 0.717) is 22.7 Å². The van der Waals surface area contributed by atoms with Crippen molar-refractivity contribution in [2.24, 2.45) is 0 Å². The zero-order valence-electron chi connectivity index (χ0n) is 13.0. The van der Waals surface area contributed by atoms with Crippen LogP contribution in [0.5, 0.6) is 0 Å². The number of aromatic amines is 1. The summed E-state index contributed by atoms with van der Waals surface area (Å²) in [4.78, 5) is 24.5. The van der Waals surface area contributed by atoms with Crippen LogP contribution in [-0.2, 0) is 0 Å². The van der Waals surface area contributed by atoms with Crippen molar-refractivity contribution in [1.82, 2.24) is 15.0 Å². The van der Waals surface area contributed by atoms with Crippen LogP contribution in [0.2, 0.25) is 0 Å². The van der Waals surface area contributed by atoms with Gasteiger partial charge in [0.1, 0.15) is 5.82 Å². The van der Waals surface area contributed by atoms with Crippen LogP contribution < -0.4 is 5.32 Å². The number of benzene rings is 2. The normalized spacial score (nSPS) is 10.8. The van der Waals surface area contributed by atoms with Crippen molar-refractivity contribution in [2.45, 2.75) is 0 Å². The van der Waals surface area contributed by atoms with Gasteiger partial charge in [0.15, 0.2) is 5.65 Å². The van der Waals surface area contributed by atoms with Gasteiger partial charge < -0.3 is 10.3 Å². The largest absolute Gasteiger partial charge is 0.336 e. The van der Waals surface area contributed by atoms with Crippen LogP contribution in [0.15, 0.2) is 71.3 Å². The molecule has 25 heavy (non-hydrogen) atoms. The van der Waals surface area contributed by atoms with Crippen molar-refractivity contribution in [3.8, 4) is 11.4 Å². The van der Waals surface area contributed by atoms with Gasteiger partial charge in [0.2, 0.25) is 0 Å². The van der Waals surface area contributed by atoms with Crippen LogP contribution in [0.4, 0.5) is 5.69 Å². The number of hydrogen-bond acceptors (Lipinski definition) is 3. The van der Waals surface area contributed by atoms with Crippen molar-refractivity contribution in [3.05, 3.63) is 76.9 Å². The maximum absolute atomic E-state index is 12.5. The van der Waals surface area contributed by atoms with Crippen LogP contribution in [0, 0.1) is 0 Å². The second-order valence-corrected chi connectivity index (χ2v) is 6.39. The number of halogens is 1. The molecule has 0 fully saturated rings. The summed E-state index contributed by atoms with van der Waals surface area (Å²) < 4.78 is 0.876. The van der Waals surface area contributed by atoms with Crippen molar-refractivity contribution in [2.75, 3.05) is 5.32 Å². The lowest BCUT2D eigenvalue weighted by Gasteiger charge is -2.09. The molecule has 2 aromatic carbocycles. The molecule has 4 rings (SSSR count). The molecule has 2 aromatic heterocycles. The average molecular weight is 393 g/mol. The summed E-state index contributed by atoms with van der Waals surface area (Å²) >= 11 is 3.40. The molecule has 0 spiro atoms. The van der Waals surface area contributed by atoms with Crippen LogP contribution in [0.25, 0.3) is 22.6 Å². The molecule has 5 nitrogen and oxygen atoms in total. The van der Waals surface area contributed by atoms with E-state index >= 15 is 0 Å². The number of amides is 1. The second-order valence-electron chi connectivity index (χ2n) is 5.48. The molecule has 0 unspecified atom stereocenters. The van der Waals surface area contributed by atoms with Gasteiger partial charge in [-0.25, -0.2) is 9.97 Å². The highest BCUT2D eigenvalue weighted by Gasteiger charge is 2.13. The summed E-state index contributed by atoms with van der Waals surface area (Å²) in [5.74, 6) is 0.495. The van der Waals surface area contributed by atoms with E-state index in [4.69, 9.17) is 0 Å². The Labute approximate surface area is 152 Å². The number of pyridine rings is 1. The van der Waals surface area contributed by atoms with Gasteiger partial charge in [0.05, 0.1) is 11.2 Å². The summed E-state index contributed by atoms with van der Waals surface area (Å²) in [6, 6.07) is 18.6. The monoisotopic (exact) mass is 392 g/mol. The fraction of sp³-hybridized carbons (Fsp3) is 0. The third-order valence-electron chi connectivity index (χ3n) is 3.77. The van der Waals surface area contributed by atoms with Gasteiger partial charge in [-0.3, -0.25) is 4.79 Å². The van der Waals surface area contributed by atoms with E-state index in [1.807, 2.05) is 48.5 Å². The summed E-state index contributed by atoms with van der Waals surface area (Å²) in [5, 5.41) is 2.95. The zero-order chi connectivity index (χ0) is 17.2. The number of imidazole rings is 1. The minimum atomic E-state index is -0.162. The van der Waals surface area contributed by atoms with Crippen LogP contribution in [-0.4, -0.2) is 20.9 Å². The Morgan fingerprint density at radius 2 is 1.80 bits per heavy atom. The number of nitrogens with zero attached hydrogens (tertiary/aromatic N) is 2. The Morgan fingerprint density at radius 1 is 1.04 bits per heavy atom. The SMILES string of the molecule is O=C(Nc1ccccc1-c1nc2ncc(Br)cc2[nH]1)c1ccccc1. The lowest BCUT2D eigenvalue weighted by Crippen LogP contribution is -2.12. The molecule has 0 atom stereocenters. The number of aromatic nitrogens is 3. The first-order valence-corrected chi connectivity index (χ1v) is 8.47. The Kier molecular flexibility index (Phi) is 4.03. The van der Waals surface area contributed by atoms with E-state index in [1.54, 1.807) is 18.3 Å². The molecule has 2 heterocycles. The average Bonchev–Trinajstić information content (AvgIpc) is 3.06. The van der Waals surface area contributed by atoms with E-state index < -0.39 is 0 Å². The maximum atomic E-state index is 12.5.